The van der Waals surface area contributed by atoms with Gasteiger partial charge in [-0.1, -0.05) is 20.8 Å². The maximum absolute atomic E-state index is 15.2. The van der Waals surface area contributed by atoms with Gasteiger partial charge in [-0.15, -0.1) is 0 Å². The molecule has 1 N–H and O–H groups in total. The molecule has 0 saturated heterocycles. The maximum Gasteiger partial charge on any atom is 0.310 e. The molecule has 2 heterocycles. The number of hydrogen-bond acceptors (Lipinski definition) is 7. The van der Waals surface area contributed by atoms with E-state index in [9.17, 15) is 13.6 Å². The molecule has 0 aliphatic carbocycles. The summed E-state index contributed by atoms with van der Waals surface area (Å²) in [4.78, 5) is 15.7. The predicted molar refractivity (Wildman–Crippen MR) is 147 cm³/mol. The highest BCUT2D eigenvalue weighted by Gasteiger charge is 2.18. The molecule has 0 atom stereocenters. The Balaban J connectivity index is 0.000000771. The predicted octanol–water partition coefficient (Wildman–Crippen LogP) is 6.64. The van der Waals surface area contributed by atoms with Crippen LogP contribution in [0.2, 0.25) is 0 Å². The average Bonchev–Trinajstić information content (AvgIpc) is 3.23. The topological polar surface area (TPSA) is 73.6 Å². The minimum atomic E-state index is -0.807. The number of aromatic nitrogens is 1. The van der Waals surface area contributed by atoms with Gasteiger partial charge in [-0.3, -0.25) is 9.78 Å². The van der Waals surface area contributed by atoms with Crippen LogP contribution < -0.4 is 10.1 Å². The van der Waals surface area contributed by atoms with Crippen LogP contribution in [0, 0.1) is 17.6 Å². The lowest BCUT2D eigenvalue weighted by Gasteiger charge is -2.13. The summed E-state index contributed by atoms with van der Waals surface area (Å²) in [7, 11) is 2.92. The summed E-state index contributed by atoms with van der Waals surface area (Å²) >= 11 is 4.12. The van der Waals surface area contributed by atoms with Crippen LogP contribution >= 0.6 is 12.6 Å². The van der Waals surface area contributed by atoms with Crippen molar-refractivity contribution in [3.63, 3.8) is 0 Å². The number of hydrogen-bond donors (Lipinski definition) is 2. The Morgan fingerprint density at radius 1 is 1.08 bits per heavy atom. The quantitative estimate of drug-likeness (QED) is 0.186. The van der Waals surface area contributed by atoms with Crippen molar-refractivity contribution in [2.75, 3.05) is 14.2 Å². The van der Waals surface area contributed by atoms with E-state index in [1.807, 2.05) is 0 Å². The summed E-state index contributed by atoms with van der Waals surface area (Å²) in [6.07, 6.45) is 1.30. The molecule has 4 aromatic rings. The van der Waals surface area contributed by atoms with Gasteiger partial charge in [0, 0.05) is 45.6 Å². The second-order valence-corrected chi connectivity index (χ2v) is 11.1. The molecule has 0 bridgehead atoms. The van der Waals surface area contributed by atoms with Gasteiger partial charge in [0.25, 0.3) is 6.01 Å². The highest BCUT2D eigenvalue weighted by atomic mass is 32.1. The molecule has 39 heavy (non-hydrogen) atoms. The first-order valence-electron chi connectivity index (χ1n) is 12.1. The van der Waals surface area contributed by atoms with Crippen molar-refractivity contribution in [3.8, 4) is 16.9 Å². The number of carbonyl (C=O) groups excluding carboxylic acids is 1. The van der Waals surface area contributed by atoms with Gasteiger partial charge in [-0.25, -0.2) is 8.78 Å². The van der Waals surface area contributed by atoms with E-state index in [0.717, 1.165) is 0 Å². The van der Waals surface area contributed by atoms with E-state index >= 15 is 4.39 Å². The molecule has 2 aromatic carbocycles. The fourth-order valence-electron chi connectivity index (χ4n) is 3.67. The minimum Gasteiger partial charge on any atom is -0.489 e. The number of methoxy groups -OCH3 is 1. The van der Waals surface area contributed by atoms with Gasteiger partial charge in [0.2, 0.25) is 0 Å². The Labute approximate surface area is 230 Å². The van der Waals surface area contributed by atoms with E-state index in [2.05, 4.69) is 48.4 Å². The number of esters is 1. The molecule has 2 aromatic heterocycles. The second kappa shape index (κ2) is 13.0. The number of furan rings is 1. The van der Waals surface area contributed by atoms with Crippen LogP contribution in [0.5, 0.6) is 5.75 Å². The van der Waals surface area contributed by atoms with E-state index in [1.54, 1.807) is 19.2 Å². The van der Waals surface area contributed by atoms with Crippen molar-refractivity contribution < 1.29 is 31.9 Å². The van der Waals surface area contributed by atoms with Crippen LogP contribution in [0.15, 0.2) is 53.1 Å². The standard InChI is InChI=1S/C25H21F3N2O4.C4H10S/c1-29-12-20-24(28)18(5-6-30-20)19-8-14(7-16-10-22(27)34-25(16)19)13-33-21-4-3-17(26)9-15(21)11-23(31)32-2;1-4(2,3)5/h3-10,29H,11-13H2,1-2H3;5H,1-3H3. The Bertz CT molecular complexity index is 1440. The SMILES string of the molecule is CC(C)(C)S.CNCc1nccc(-c2cc(COc3ccc(F)cc3CC(=O)OC)cc3cc(F)oc23)c1F. The summed E-state index contributed by atoms with van der Waals surface area (Å²) in [5, 5.41) is 3.28. The molecule has 0 aliphatic rings. The van der Waals surface area contributed by atoms with Crippen LogP contribution in [0.25, 0.3) is 22.1 Å². The normalized spacial score (nSPS) is 11.2. The van der Waals surface area contributed by atoms with Crippen LogP contribution in [-0.4, -0.2) is 29.9 Å². The summed E-state index contributed by atoms with van der Waals surface area (Å²) in [5.41, 5.74) is 1.85. The van der Waals surface area contributed by atoms with E-state index < -0.39 is 23.6 Å². The van der Waals surface area contributed by atoms with Crippen LogP contribution in [0.3, 0.4) is 0 Å². The summed E-state index contributed by atoms with van der Waals surface area (Å²) in [5.74, 6) is -1.32. The minimum absolute atomic E-state index is 0.00831. The van der Waals surface area contributed by atoms with Gasteiger partial charge in [0.05, 0.1) is 19.2 Å². The lowest BCUT2D eigenvalue weighted by Crippen LogP contribution is -2.09. The number of thiol groups is 1. The number of carbonyl (C=O) groups is 1. The summed E-state index contributed by atoms with van der Waals surface area (Å²) < 4.78 is 58.7. The molecule has 208 valence electrons. The first-order valence-corrected chi connectivity index (χ1v) is 12.5. The molecule has 0 spiro atoms. The molecule has 0 radical (unpaired) electrons. The molecule has 4 rings (SSSR count). The largest absolute Gasteiger partial charge is 0.489 e. The fourth-order valence-corrected chi connectivity index (χ4v) is 3.67. The van der Waals surface area contributed by atoms with Gasteiger partial charge >= 0.3 is 5.97 Å². The maximum atomic E-state index is 15.2. The highest BCUT2D eigenvalue weighted by molar-refractivity contribution is 7.81. The fraction of sp³-hybridized carbons (Fsp3) is 0.310. The molecule has 0 fully saturated rings. The number of rotatable bonds is 8. The van der Waals surface area contributed by atoms with Crippen molar-refractivity contribution in [3.05, 3.63) is 83.1 Å². The zero-order chi connectivity index (χ0) is 28.7. The monoisotopic (exact) mass is 560 g/mol. The van der Waals surface area contributed by atoms with Crippen LogP contribution in [0.4, 0.5) is 13.2 Å². The van der Waals surface area contributed by atoms with Gasteiger partial charge < -0.3 is 19.2 Å². The molecule has 0 saturated carbocycles. The van der Waals surface area contributed by atoms with Crippen LogP contribution in [-0.2, 0) is 29.1 Å². The number of pyridine rings is 1. The third-order valence-corrected chi connectivity index (χ3v) is 5.22. The summed E-state index contributed by atoms with van der Waals surface area (Å²) in [6.45, 7) is 6.36. The van der Waals surface area contributed by atoms with Crippen molar-refractivity contribution in [2.45, 2.75) is 45.1 Å². The van der Waals surface area contributed by atoms with Crippen molar-refractivity contribution in [1.82, 2.24) is 10.3 Å². The molecular weight excluding hydrogens is 529 g/mol. The third kappa shape index (κ3) is 8.49. The molecule has 0 aliphatic heterocycles. The van der Waals surface area contributed by atoms with E-state index in [0.29, 0.717) is 27.8 Å². The number of nitrogens with one attached hydrogen (secondary N) is 1. The Kier molecular flexibility index (Phi) is 10.0. The van der Waals surface area contributed by atoms with Crippen molar-refractivity contribution >= 4 is 29.6 Å². The van der Waals surface area contributed by atoms with Gasteiger partial charge in [-0.2, -0.15) is 17.0 Å². The lowest BCUT2D eigenvalue weighted by molar-refractivity contribution is -0.139. The highest BCUT2D eigenvalue weighted by Crippen LogP contribution is 2.34. The third-order valence-electron chi connectivity index (χ3n) is 5.22. The Morgan fingerprint density at radius 3 is 2.46 bits per heavy atom. The van der Waals surface area contributed by atoms with E-state index in [1.165, 1.54) is 43.6 Å². The zero-order valence-electron chi connectivity index (χ0n) is 22.4. The first-order chi connectivity index (χ1) is 18.4. The zero-order valence-corrected chi connectivity index (χ0v) is 23.3. The number of benzene rings is 2. The number of ether oxygens (including phenoxy) is 2. The van der Waals surface area contributed by atoms with Crippen molar-refractivity contribution in [2.24, 2.45) is 0 Å². The average molecular weight is 561 g/mol. The molecule has 0 unspecified atom stereocenters. The molecule has 0 amide bonds. The summed E-state index contributed by atoms with van der Waals surface area (Å²) in [6, 6.07) is 9.00. The van der Waals surface area contributed by atoms with E-state index in [-0.39, 0.29) is 41.2 Å². The molecular formula is C29H31F3N2O4S. The van der Waals surface area contributed by atoms with Gasteiger partial charge in [0.1, 0.15) is 23.8 Å². The Hall–Kier alpha value is -3.50. The first kappa shape index (κ1) is 30.0. The lowest BCUT2D eigenvalue weighted by atomic mass is 10.00. The van der Waals surface area contributed by atoms with E-state index in [4.69, 9.17) is 9.15 Å². The molecule has 6 nitrogen and oxygen atoms in total. The van der Waals surface area contributed by atoms with Gasteiger partial charge in [-0.05, 0) is 49.0 Å². The second-order valence-electron chi connectivity index (χ2n) is 9.73. The van der Waals surface area contributed by atoms with Crippen LogP contribution in [0.1, 0.15) is 37.6 Å². The number of fused-ring (bicyclic) bond motifs is 1. The van der Waals surface area contributed by atoms with Gasteiger partial charge in [0.15, 0.2) is 5.82 Å². The van der Waals surface area contributed by atoms with Crippen molar-refractivity contribution in [1.29, 1.82) is 0 Å². The Morgan fingerprint density at radius 2 is 1.79 bits per heavy atom. The smallest absolute Gasteiger partial charge is 0.310 e. The number of halogens is 3. The number of nitrogens with zero attached hydrogens (tertiary/aromatic N) is 1. The molecule has 10 heteroatoms.